The Balaban J connectivity index is 1.63. The first-order valence-electron chi connectivity index (χ1n) is 14.0. The van der Waals surface area contributed by atoms with Gasteiger partial charge in [-0.05, 0) is 42.7 Å². The van der Waals surface area contributed by atoms with Gasteiger partial charge in [-0.3, -0.25) is 14.4 Å². The Bertz CT molecular complexity index is 1360. The van der Waals surface area contributed by atoms with Gasteiger partial charge < -0.3 is 19.8 Å². The van der Waals surface area contributed by atoms with E-state index in [9.17, 15) is 19.5 Å². The van der Waals surface area contributed by atoms with Gasteiger partial charge in [0.25, 0.3) is 5.91 Å². The summed E-state index contributed by atoms with van der Waals surface area (Å²) >= 11 is 11.6. The maximum Gasteiger partial charge on any atom is 0.251 e. The van der Waals surface area contributed by atoms with Crippen LogP contribution in [-0.2, 0) is 20.8 Å². The Morgan fingerprint density at radius 3 is 2.43 bits per heavy atom. The van der Waals surface area contributed by atoms with Crippen molar-refractivity contribution in [2.45, 2.75) is 39.7 Å². The van der Waals surface area contributed by atoms with Crippen LogP contribution in [0, 0.1) is 11.8 Å². The molecule has 3 aliphatic heterocycles. The topological polar surface area (TPSA) is 81.2 Å². The highest BCUT2D eigenvalue weighted by atomic mass is 79.9. The molecule has 222 valence electrons. The average Bonchev–Trinajstić information content (AvgIpc) is 3.58. The van der Waals surface area contributed by atoms with Crippen LogP contribution in [-0.4, -0.2) is 86.3 Å². The van der Waals surface area contributed by atoms with Crippen LogP contribution < -0.4 is 4.90 Å². The second kappa shape index (κ2) is 12.6. The predicted octanol–water partition coefficient (Wildman–Crippen LogP) is 4.57. The molecule has 42 heavy (non-hydrogen) atoms. The number of benzene rings is 2. The number of hydrogen-bond acceptors (Lipinski definition) is 5. The van der Waals surface area contributed by atoms with E-state index in [2.05, 4.69) is 29.1 Å². The van der Waals surface area contributed by atoms with Crippen LogP contribution in [0.2, 0.25) is 5.02 Å². The van der Waals surface area contributed by atoms with Crippen LogP contribution in [0.25, 0.3) is 0 Å². The van der Waals surface area contributed by atoms with E-state index < -0.39 is 28.7 Å². The van der Waals surface area contributed by atoms with Gasteiger partial charge in [-0.15, -0.1) is 24.9 Å². The van der Waals surface area contributed by atoms with Crippen LogP contribution in [0.3, 0.4) is 0 Å². The standard InChI is InChI=1S/C32H35BrClN3O4S/c1-4-15-35(3)29(39)25-26-30(40)37(23(19-38)17-20-9-7-6-8-10-20)28(32(26)18-24(33)27(25)42-32)31(41)36(16-5-2)22-13-11-21(34)12-14-22/h4-14,23-28,38H,1-2,15-19H2,3H3/t23-,24?,25+,26+,27+,28?,32?/m1/s1. The maximum atomic E-state index is 14.8. The van der Waals surface area contributed by atoms with Crippen molar-refractivity contribution in [3.8, 4) is 0 Å². The number of carbonyl (C=O) groups excluding carboxylic acids is 3. The summed E-state index contributed by atoms with van der Waals surface area (Å²) in [6.45, 7) is 7.90. The van der Waals surface area contributed by atoms with Crippen molar-refractivity contribution in [3.63, 3.8) is 0 Å². The fraction of sp³-hybridized carbons (Fsp3) is 0.406. The highest BCUT2D eigenvalue weighted by molar-refractivity contribution is 9.09. The van der Waals surface area contributed by atoms with Crippen molar-refractivity contribution >= 4 is 62.7 Å². The monoisotopic (exact) mass is 671 g/mol. The summed E-state index contributed by atoms with van der Waals surface area (Å²) in [4.78, 5) is 48.1. The lowest BCUT2D eigenvalue weighted by molar-refractivity contribution is -0.144. The number of fused-ring (bicyclic) bond motifs is 1. The second-order valence-corrected chi connectivity index (χ2v) is 14.3. The number of likely N-dealkylation sites (N-methyl/N-ethyl adjacent to an activating group) is 1. The van der Waals surface area contributed by atoms with E-state index in [0.29, 0.717) is 30.1 Å². The molecule has 2 bridgehead atoms. The van der Waals surface area contributed by atoms with Crippen LogP contribution in [0.4, 0.5) is 5.69 Å². The summed E-state index contributed by atoms with van der Waals surface area (Å²) in [5.74, 6) is -1.95. The second-order valence-electron chi connectivity index (χ2n) is 11.2. The lowest BCUT2D eigenvalue weighted by Gasteiger charge is -2.40. The Labute approximate surface area is 264 Å². The number of halogens is 2. The zero-order valence-electron chi connectivity index (χ0n) is 23.4. The molecule has 3 aliphatic rings. The van der Waals surface area contributed by atoms with Gasteiger partial charge in [-0.25, -0.2) is 0 Å². The SMILES string of the molecule is C=CCN(C)C(=O)[C@H]1[C@H]2C(=O)N([C@@H](CO)Cc3ccccc3)C(C(=O)N(CC=C)c3ccc(Cl)cc3)C23CC(Br)[C@@H]1S3. The lowest BCUT2D eigenvalue weighted by Crippen LogP contribution is -2.58. The normalized spacial score (nSPS) is 28.3. The maximum absolute atomic E-state index is 14.8. The number of aliphatic hydroxyl groups is 1. The first-order chi connectivity index (χ1) is 20.2. The van der Waals surface area contributed by atoms with Crippen LogP contribution in [0.1, 0.15) is 12.0 Å². The number of carbonyl (C=O) groups is 3. The van der Waals surface area contributed by atoms with Gasteiger partial charge in [0.05, 0.1) is 29.2 Å². The van der Waals surface area contributed by atoms with Crippen molar-refractivity contribution in [3.05, 3.63) is 90.5 Å². The Morgan fingerprint density at radius 1 is 1.14 bits per heavy atom. The molecule has 5 rings (SSSR count). The number of hydrogen-bond donors (Lipinski definition) is 1. The highest BCUT2D eigenvalue weighted by Gasteiger charge is 2.76. The minimum atomic E-state index is -0.899. The Hall–Kier alpha value is -2.59. The molecule has 3 saturated heterocycles. The fourth-order valence-electron chi connectivity index (χ4n) is 6.92. The van der Waals surface area contributed by atoms with Gasteiger partial charge in [-0.2, -0.15) is 0 Å². The third-order valence-corrected chi connectivity index (χ3v) is 12.1. The molecule has 0 saturated carbocycles. The molecule has 7 atom stereocenters. The van der Waals surface area contributed by atoms with Crippen LogP contribution >= 0.6 is 39.3 Å². The van der Waals surface area contributed by atoms with Crippen molar-refractivity contribution < 1.29 is 19.5 Å². The van der Waals surface area contributed by atoms with Gasteiger partial charge in [0.1, 0.15) is 6.04 Å². The summed E-state index contributed by atoms with van der Waals surface area (Å²) in [5.41, 5.74) is 1.57. The zero-order valence-corrected chi connectivity index (χ0v) is 26.6. The summed E-state index contributed by atoms with van der Waals surface area (Å²) in [5, 5.41) is 11.1. The minimum Gasteiger partial charge on any atom is -0.394 e. The highest BCUT2D eigenvalue weighted by Crippen LogP contribution is 2.68. The molecule has 0 radical (unpaired) electrons. The van der Waals surface area contributed by atoms with Gasteiger partial charge in [0.15, 0.2) is 0 Å². The van der Waals surface area contributed by atoms with E-state index in [4.69, 9.17) is 11.6 Å². The Morgan fingerprint density at radius 2 is 1.81 bits per heavy atom. The number of nitrogens with zero attached hydrogens (tertiary/aromatic N) is 3. The number of thioether (sulfide) groups is 1. The summed E-state index contributed by atoms with van der Waals surface area (Å²) in [7, 11) is 1.72. The number of aliphatic hydroxyl groups excluding tert-OH is 1. The van der Waals surface area contributed by atoms with E-state index >= 15 is 0 Å². The number of rotatable bonds is 11. The van der Waals surface area contributed by atoms with E-state index in [1.165, 1.54) is 0 Å². The van der Waals surface area contributed by atoms with E-state index in [0.717, 1.165) is 5.56 Å². The van der Waals surface area contributed by atoms with Crippen molar-refractivity contribution in [2.24, 2.45) is 11.8 Å². The van der Waals surface area contributed by atoms with Crippen molar-refractivity contribution in [1.82, 2.24) is 9.80 Å². The van der Waals surface area contributed by atoms with E-state index in [1.54, 1.807) is 69.9 Å². The first kappa shape index (κ1) is 30.9. The molecule has 3 fully saturated rings. The average molecular weight is 673 g/mol. The molecule has 2 aromatic carbocycles. The molecule has 7 nitrogen and oxygen atoms in total. The molecule has 2 aromatic rings. The smallest absolute Gasteiger partial charge is 0.251 e. The zero-order chi connectivity index (χ0) is 30.2. The molecule has 0 aromatic heterocycles. The lowest BCUT2D eigenvalue weighted by atomic mass is 9.70. The molecule has 1 N–H and O–H groups in total. The predicted molar refractivity (Wildman–Crippen MR) is 172 cm³/mol. The molecule has 3 amide bonds. The largest absolute Gasteiger partial charge is 0.394 e. The molecule has 3 unspecified atom stereocenters. The van der Waals surface area contributed by atoms with Crippen molar-refractivity contribution in [1.29, 1.82) is 0 Å². The molecule has 10 heteroatoms. The van der Waals surface area contributed by atoms with E-state index in [-0.39, 0.29) is 41.0 Å². The molecular weight excluding hydrogens is 638 g/mol. The number of likely N-dealkylation sites (tertiary alicyclic amines) is 1. The number of anilines is 1. The van der Waals surface area contributed by atoms with Crippen LogP contribution in [0.15, 0.2) is 79.9 Å². The van der Waals surface area contributed by atoms with Gasteiger partial charge >= 0.3 is 0 Å². The number of amides is 3. The fourth-order valence-corrected chi connectivity index (χ4v) is 10.6. The number of alkyl halides is 1. The van der Waals surface area contributed by atoms with Gasteiger partial charge in [-0.1, -0.05) is 70.0 Å². The molecule has 3 heterocycles. The van der Waals surface area contributed by atoms with Gasteiger partial charge in [0.2, 0.25) is 11.8 Å². The summed E-state index contributed by atoms with van der Waals surface area (Å²) in [6, 6.07) is 15.1. The summed E-state index contributed by atoms with van der Waals surface area (Å²) in [6.07, 6.45) is 4.24. The quantitative estimate of drug-likeness (QED) is 0.280. The van der Waals surface area contributed by atoms with Crippen LogP contribution in [0.5, 0.6) is 0 Å². The van der Waals surface area contributed by atoms with Crippen molar-refractivity contribution in [2.75, 3.05) is 31.6 Å². The molecular formula is C32H35BrClN3O4S. The molecule has 0 aliphatic carbocycles. The first-order valence-corrected chi connectivity index (χ1v) is 16.2. The minimum absolute atomic E-state index is 0.0574. The molecule has 1 spiro atoms. The van der Waals surface area contributed by atoms with Gasteiger partial charge in [0, 0.05) is 40.9 Å². The Kier molecular flexibility index (Phi) is 9.23. The summed E-state index contributed by atoms with van der Waals surface area (Å²) < 4.78 is -0.849. The van der Waals surface area contributed by atoms with E-state index in [1.807, 2.05) is 30.3 Å². The third-order valence-electron chi connectivity index (χ3n) is 8.66. The third kappa shape index (κ3) is 5.23.